The summed E-state index contributed by atoms with van der Waals surface area (Å²) in [5.41, 5.74) is 1.14. The molecule has 3 aliphatic rings. The number of ether oxygens (including phenoxy) is 1. The van der Waals surface area contributed by atoms with Crippen LogP contribution in [0.1, 0.15) is 25.7 Å². The number of halogens is 1. The van der Waals surface area contributed by atoms with E-state index in [9.17, 15) is 0 Å². The van der Waals surface area contributed by atoms with Gasteiger partial charge in [-0.2, -0.15) is 0 Å². The molecule has 1 heterocycles. The average molecular weight is 321 g/mol. The van der Waals surface area contributed by atoms with E-state index in [1.807, 2.05) is 18.2 Å². The molecule has 22 heavy (non-hydrogen) atoms. The van der Waals surface area contributed by atoms with Crippen molar-refractivity contribution in [2.75, 3.05) is 38.2 Å². The van der Waals surface area contributed by atoms with Gasteiger partial charge in [0.05, 0.1) is 12.8 Å². The summed E-state index contributed by atoms with van der Waals surface area (Å²) in [6.45, 7) is 4.49. The third kappa shape index (κ3) is 2.59. The minimum Gasteiger partial charge on any atom is -0.495 e. The highest BCUT2D eigenvalue weighted by Crippen LogP contribution is 2.47. The topological polar surface area (TPSA) is 15.7 Å². The van der Waals surface area contributed by atoms with Gasteiger partial charge in [0.25, 0.3) is 0 Å². The summed E-state index contributed by atoms with van der Waals surface area (Å²) in [5, 5.41) is 0.784. The van der Waals surface area contributed by atoms with Crippen molar-refractivity contribution >= 4 is 17.3 Å². The molecule has 0 amide bonds. The lowest BCUT2D eigenvalue weighted by Crippen LogP contribution is -2.51. The normalized spacial score (nSPS) is 31.7. The van der Waals surface area contributed by atoms with Gasteiger partial charge in [0.2, 0.25) is 0 Å². The van der Waals surface area contributed by atoms with E-state index in [4.69, 9.17) is 16.3 Å². The van der Waals surface area contributed by atoms with E-state index in [1.165, 1.54) is 38.8 Å². The van der Waals surface area contributed by atoms with Crippen LogP contribution in [0.2, 0.25) is 5.02 Å². The predicted molar refractivity (Wildman–Crippen MR) is 91.0 cm³/mol. The highest BCUT2D eigenvalue weighted by Gasteiger charge is 2.42. The van der Waals surface area contributed by atoms with Crippen molar-refractivity contribution in [3.05, 3.63) is 23.2 Å². The second kappa shape index (κ2) is 5.93. The molecule has 120 valence electrons. The van der Waals surface area contributed by atoms with Crippen LogP contribution in [0, 0.1) is 11.8 Å². The first-order chi connectivity index (χ1) is 10.7. The zero-order chi connectivity index (χ0) is 15.1. The fourth-order valence-corrected chi connectivity index (χ4v) is 5.03. The van der Waals surface area contributed by atoms with E-state index in [1.54, 1.807) is 7.11 Å². The lowest BCUT2D eigenvalue weighted by molar-refractivity contribution is 0.135. The van der Waals surface area contributed by atoms with Gasteiger partial charge in [-0.05, 0) is 49.3 Å². The Labute approximate surface area is 138 Å². The Morgan fingerprint density at radius 1 is 1.09 bits per heavy atom. The Morgan fingerprint density at radius 2 is 1.91 bits per heavy atom. The lowest BCUT2D eigenvalue weighted by Gasteiger charge is -2.42. The van der Waals surface area contributed by atoms with Crippen molar-refractivity contribution in [1.82, 2.24) is 4.90 Å². The summed E-state index contributed by atoms with van der Waals surface area (Å²) in [6, 6.07) is 6.77. The molecular formula is C18H25ClN2O. The number of hydrogen-bond acceptors (Lipinski definition) is 3. The monoisotopic (exact) mass is 320 g/mol. The quantitative estimate of drug-likeness (QED) is 0.845. The van der Waals surface area contributed by atoms with Crippen LogP contribution < -0.4 is 9.64 Å². The smallest absolute Gasteiger partial charge is 0.142 e. The molecule has 1 aromatic carbocycles. The Hall–Kier alpha value is -0.930. The number of nitrogens with zero attached hydrogens (tertiary/aromatic N) is 2. The second-order valence-electron chi connectivity index (χ2n) is 7.08. The molecule has 3 atom stereocenters. The van der Waals surface area contributed by atoms with Crippen molar-refractivity contribution in [2.24, 2.45) is 11.8 Å². The fraction of sp³-hybridized carbons (Fsp3) is 0.667. The van der Waals surface area contributed by atoms with E-state index < -0.39 is 0 Å². The first kappa shape index (κ1) is 14.6. The van der Waals surface area contributed by atoms with Gasteiger partial charge < -0.3 is 9.64 Å². The summed E-state index contributed by atoms with van der Waals surface area (Å²) in [4.78, 5) is 5.17. The molecule has 3 fully saturated rings. The van der Waals surface area contributed by atoms with Crippen LogP contribution in [0.25, 0.3) is 0 Å². The van der Waals surface area contributed by atoms with Gasteiger partial charge >= 0.3 is 0 Å². The summed E-state index contributed by atoms with van der Waals surface area (Å²) in [5.74, 6) is 2.94. The summed E-state index contributed by atoms with van der Waals surface area (Å²) in [6.07, 6.45) is 5.90. The van der Waals surface area contributed by atoms with Gasteiger partial charge in [0.1, 0.15) is 5.75 Å². The van der Waals surface area contributed by atoms with Crippen molar-refractivity contribution in [2.45, 2.75) is 31.7 Å². The largest absolute Gasteiger partial charge is 0.495 e. The number of benzene rings is 1. The highest BCUT2D eigenvalue weighted by molar-refractivity contribution is 6.30. The first-order valence-electron chi connectivity index (χ1n) is 8.57. The molecule has 1 aliphatic heterocycles. The van der Waals surface area contributed by atoms with Crippen molar-refractivity contribution in [3.63, 3.8) is 0 Å². The molecule has 0 spiro atoms. The summed E-state index contributed by atoms with van der Waals surface area (Å²) < 4.78 is 5.51. The van der Waals surface area contributed by atoms with E-state index in [0.717, 1.165) is 47.4 Å². The third-order valence-electron chi connectivity index (χ3n) is 5.97. The molecule has 4 rings (SSSR count). The molecule has 1 saturated heterocycles. The predicted octanol–water partition coefficient (Wildman–Crippen LogP) is 3.66. The standard InChI is InChI=1S/C18H25ClN2O/c1-22-18-5-4-15(19)12-17(18)21-8-6-20(7-9-21)16-11-13-2-3-14(16)10-13/h4-5,12-14,16H,2-3,6-11H2,1H3/t13-,14-,16?/m1/s1. The Bertz CT molecular complexity index is 542. The molecule has 4 heteroatoms. The third-order valence-corrected chi connectivity index (χ3v) is 6.20. The van der Waals surface area contributed by atoms with Gasteiger partial charge in [-0.1, -0.05) is 18.0 Å². The van der Waals surface area contributed by atoms with Crippen LogP contribution in [0.3, 0.4) is 0 Å². The number of anilines is 1. The van der Waals surface area contributed by atoms with E-state index >= 15 is 0 Å². The molecule has 1 unspecified atom stereocenters. The lowest BCUT2D eigenvalue weighted by atomic mass is 9.93. The van der Waals surface area contributed by atoms with Crippen LogP contribution in [0.5, 0.6) is 5.75 Å². The van der Waals surface area contributed by atoms with Crippen LogP contribution in [0.4, 0.5) is 5.69 Å². The van der Waals surface area contributed by atoms with Crippen LogP contribution in [0.15, 0.2) is 18.2 Å². The first-order valence-corrected chi connectivity index (χ1v) is 8.95. The number of piperazine rings is 1. The molecular weight excluding hydrogens is 296 g/mol. The molecule has 1 aromatic rings. The molecule has 2 saturated carbocycles. The minimum atomic E-state index is 0.784. The van der Waals surface area contributed by atoms with Gasteiger partial charge in [-0.15, -0.1) is 0 Å². The molecule has 2 bridgehead atoms. The second-order valence-corrected chi connectivity index (χ2v) is 7.52. The van der Waals surface area contributed by atoms with Crippen molar-refractivity contribution in [3.8, 4) is 5.75 Å². The highest BCUT2D eigenvalue weighted by atomic mass is 35.5. The maximum absolute atomic E-state index is 6.18. The molecule has 2 aliphatic carbocycles. The number of rotatable bonds is 3. The molecule has 0 N–H and O–H groups in total. The molecule has 3 nitrogen and oxygen atoms in total. The Kier molecular flexibility index (Phi) is 3.95. The van der Waals surface area contributed by atoms with Gasteiger partial charge in [-0.25, -0.2) is 0 Å². The van der Waals surface area contributed by atoms with Crippen LogP contribution in [-0.2, 0) is 0 Å². The zero-order valence-corrected chi connectivity index (χ0v) is 14.1. The van der Waals surface area contributed by atoms with Gasteiger partial charge in [0, 0.05) is 37.2 Å². The maximum Gasteiger partial charge on any atom is 0.142 e. The zero-order valence-electron chi connectivity index (χ0n) is 13.3. The number of fused-ring (bicyclic) bond motifs is 2. The summed E-state index contributed by atoms with van der Waals surface area (Å²) >= 11 is 6.18. The van der Waals surface area contributed by atoms with E-state index in [-0.39, 0.29) is 0 Å². The SMILES string of the molecule is COc1ccc(Cl)cc1N1CCN(C2C[C@@H]3CC[C@@H]2C3)CC1. The van der Waals surface area contributed by atoms with Crippen LogP contribution >= 0.6 is 11.6 Å². The average Bonchev–Trinajstić information content (AvgIpc) is 3.18. The number of methoxy groups -OCH3 is 1. The minimum absolute atomic E-state index is 0.784. The fourth-order valence-electron chi connectivity index (χ4n) is 4.86. The van der Waals surface area contributed by atoms with Gasteiger partial charge in [-0.3, -0.25) is 4.90 Å². The Balaban J connectivity index is 1.43. The molecule has 0 aromatic heterocycles. The van der Waals surface area contributed by atoms with E-state index in [0.29, 0.717) is 0 Å². The van der Waals surface area contributed by atoms with Crippen LogP contribution in [-0.4, -0.2) is 44.2 Å². The Morgan fingerprint density at radius 3 is 2.55 bits per heavy atom. The maximum atomic E-state index is 6.18. The van der Waals surface area contributed by atoms with Gasteiger partial charge in [0.15, 0.2) is 0 Å². The van der Waals surface area contributed by atoms with E-state index in [2.05, 4.69) is 9.80 Å². The number of hydrogen-bond donors (Lipinski definition) is 0. The molecule has 0 radical (unpaired) electrons. The summed E-state index contributed by atoms with van der Waals surface area (Å²) in [7, 11) is 1.73. The van der Waals surface area contributed by atoms with Crippen molar-refractivity contribution in [1.29, 1.82) is 0 Å². The van der Waals surface area contributed by atoms with Crippen molar-refractivity contribution < 1.29 is 4.74 Å².